The van der Waals surface area contributed by atoms with Crippen molar-refractivity contribution >= 4 is 5.97 Å². The van der Waals surface area contributed by atoms with Gasteiger partial charge in [-0.15, -0.1) is 0 Å². The van der Waals surface area contributed by atoms with Crippen molar-refractivity contribution in [3.63, 3.8) is 0 Å². The average molecular weight is 310 g/mol. The van der Waals surface area contributed by atoms with E-state index in [4.69, 9.17) is 9.78 Å². The van der Waals surface area contributed by atoms with Crippen molar-refractivity contribution in [2.45, 2.75) is 38.7 Å². The Morgan fingerprint density at radius 1 is 0.870 bits per heavy atom. The van der Waals surface area contributed by atoms with Gasteiger partial charge in [0.2, 0.25) is 0 Å². The van der Waals surface area contributed by atoms with Gasteiger partial charge in [-0.25, -0.2) is 4.79 Å². The highest BCUT2D eigenvalue weighted by Gasteiger charge is 2.21. The third kappa shape index (κ3) is 4.20. The molecule has 0 heterocycles. The van der Waals surface area contributed by atoms with Crippen LogP contribution in [0.3, 0.4) is 0 Å². The zero-order valence-electron chi connectivity index (χ0n) is 13.4. The van der Waals surface area contributed by atoms with Gasteiger partial charge in [0.15, 0.2) is 0 Å². The summed E-state index contributed by atoms with van der Waals surface area (Å²) >= 11 is 0. The van der Waals surface area contributed by atoms with Crippen molar-refractivity contribution in [2.75, 3.05) is 0 Å². The first kappa shape index (κ1) is 15.8. The van der Waals surface area contributed by atoms with E-state index in [0.29, 0.717) is 5.56 Å². The summed E-state index contributed by atoms with van der Waals surface area (Å²) in [5.41, 5.74) is 2.71. The van der Waals surface area contributed by atoms with Gasteiger partial charge in [-0.1, -0.05) is 49.4 Å². The SMILES string of the molecule is CC1CCC(OOC(=O)c2ccc(-c3ccccc3)cc2)CC1. The first-order valence-corrected chi connectivity index (χ1v) is 8.25. The van der Waals surface area contributed by atoms with Crippen LogP contribution >= 0.6 is 0 Å². The minimum Gasteiger partial charge on any atom is -0.293 e. The summed E-state index contributed by atoms with van der Waals surface area (Å²) in [6.07, 6.45) is 4.23. The Morgan fingerprint density at radius 3 is 2.13 bits per heavy atom. The molecular formula is C20H22O3. The molecule has 1 aliphatic rings. The van der Waals surface area contributed by atoms with Crippen LogP contribution < -0.4 is 0 Å². The Morgan fingerprint density at radius 2 is 1.48 bits per heavy atom. The standard InChI is InChI=1S/C20H22O3/c1-15-7-13-19(14-8-15)22-23-20(21)18-11-9-17(10-12-18)16-5-3-2-4-6-16/h2-6,9-12,15,19H,7-8,13-14H2,1H3. The molecule has 0 spiro atoms. The summed E-state index contributed by atoms with van der Waals surface area (Å²) in [7, 11) is 0. The highest BCUT2D eigenvalue weighted by atomic mass is 17.2. The minimum atomic E-state index is -0.428. The normalized spacial score (nSPS) is 20.9. The van der Waals surface area contributed by atoms with Crippen molar-refractivity contribution in [1.82, 2.24) is 0 Å². The molecule has 0 atom stereocenters. The molecule has 1 saturated carbocycles. The van der Waals surface area contributed by atoms with E-state index in [1.54, 1.807) is 12.1 Å². The molecule has 1 fully saturated rings. The van der Waals surface area contributed by atoms with E-state index >= 15 is 0 Å². The summed E-state index contributed by atoms with van der Waals surface area (Å²) in [6.45, 7) is 2.25. The van der Waals surface area contributed by atoms with Crippen molar-refractivity contribution in [1.29, 1.82) is 0 Å². The quantitative estimate of drug-likeness (QED) is 0.587. The van der Waals surface area contributed by atoms with Crippen LogP contribution in [-0.4, -0.2) is 12.1 Å². The van der Waals surface area contributed by atoms with Gasteiger partial charge in [-0.2, -0.15) is 4.89 Å². The lowest BCUT2D eigenvalue weighted by atomic mass is 9.89. The molecule has 0 saturated heterocycles. The molecule has 0 radical (unpaired) electrons. The molecule has 2 aromatic carbocycles. The van der Waals surface area contributed by atoms with Gasteiger partial charge in [-0.3, -0.25) is 4.89 Å². The summed E-state index contributed by atoms with van der Waals surface area (Å²) < 4.78 is 0. The highest BCUT2D eigenvalue weighted by molar-refractivity contribution is 5.89. The van der Waals surface area contributed by atoms with Crippen LogP contribution in [0.2, 0.25) is 0 Å². The Balaban J connectivity index is 1.55. The fourth-order valence-corrected chi connectivity index (χ4v) is 2.91. The lowest BCUT2D eigenvalue weighted by Gasteiger charge is -2.24. The van der Waals surface area contributed by atoms with Crippen molar-refractivity contribution in [3.05, 3.63) is 60.2 Å². The molecule has 0 aliphatic heterocycles. The first-order valence-electron chi connectivity index (χ1n) is 8.25. The van der Waals surface area contributed by atoms with E-state index in [1.807, 2.05) is 42.5 Å². The zero-order chi connectivity index (χ0) is 16.1. The van der Waals surface area contributed by atoms with Crippen molar-refractivity contribution < 1.29 is 14.6 Å². The molecule has 3 heteroatoms. The Labute approximate surface area is 137 Å². The summed E-state index contributed by atoms with van der Waals surface area (Å²) in [4.78, 5) is 22.4. The number of rotatable bonds is 4. The zero-order valence-corrected chi connectivity index (χ0v) is 13.4. The Hall–Kier alpha value is -2.13. The van der Waals surface area contributed by atoms with E-state index < -0.39 is 5.97 Å². The Bertz CT molecular complexity index is 626. The number of hydrogen-bond acceptors (Lipinski definition) is 3. The summed E-state index contributed by atoms with van der Waals surface area (Å²) in [6, 6.07) is 17.5. The van der Waals surface area contributed by atoms with Gasteiger partial charge in [0.1, 0.15) is 6.10 Å². The molecule has 23 heavy (non-hydrogen) atoms. The number of hydrogen-bond donors (Lipinski definition) is 0. The van der Waals surface area contributed by atoms with Gasteiger partial charge in [-0.05, 0) is 54.9 Å². The molecular weight excluding hydrogens is 288 g/mol. The molecule has 120 valence electrons. The van der Waals surface area contributed by atoms with Gasteiger partial charge < -0.3 is 0 Å². The molecule has 0 N–H and O–H groups in total. The smallest absolute Gasteiger partial charge is 0.293 e. The van der Waals surface area contributed by atoms with Gasteiger partial charge in [0.05, 0.1) is 5.56 Å². The molecule has 3 rings (SSSR count). The van der Waals surface area contributed by atoms with Crippen LogP contribution in [0.15, 0.2) is 54.6 Å². The third-order valence-electron chi connectivity index (χ3n) is 4.45. The van der Waals surface area contributed by atoms with Gasteiger partial charge in [0.25, 0.3) is 0 Å². The van der Waals surface area contributed by atoms with E-state index in [2.05, 4.69) is 6.92 Å². The molecule has 0 amide bonds. The predicted molar refractivity (Wildman–Crippen MR) is 89.8 cm³/mol. The van der Waals surface area contributed by atoms with E-state index in [9.17, 15) is 4.79 Å². The molecule has 1 aliphatic carbocycles. The second kappa shape index (κ2) is 7.42. The van der Waals surface area contributed by atoms with Crippen LogP contribution in [0.5, 0.6) is 0 Å². The fraction of sp³-hybridized carbons (Fsp3) is 0.350. The molecule has 3 nitrogen and oxygen atoms in total. The van der Waals surface area contributed by atoms with Crippen LogP contribution in [0.4, 0.5) is 0 Å². The van der Waals surface area contributed by atoms with E-state index in [0.717, 1.165) is 42.7 Å². The molecule has 0 unspecified atom stereocenters. The number of benzene rings is 2. The molecule has 0 bridgehead atoms. The first-order chi connectivity index (χ1) is 11.2. The van der Waals surface area contributed by atoms with Crippen LogP contribution in [0, 0.1) is 5.92 Å². The van der Waals surface area contributed by atoms with E-state index in [1.165, 1.54) is 0 Å². The monoisotopic (exact) mass is 310 g/mol. The maximum absolute atomic E-state index is 12.1. The summed E-state index contributed by atoms with van der Waals surface area (Å²) in [5, 5.41) is 0. The molecule has 2 aromatic rings. The second-order valence-electron chi connectivity index (χ2n) is 6.29. The second-order valence-corrected chi connectivity index (χ2v) is 6.29. The predicted octanol–water partition coefficient (Wildman–Crippen LogP) is 5.02. The lowest BCUT2D eigenvalue weighted by Crippen LogP contribution is -2.22. The maximum Gasteiger partial charge on any atom is 0.373 e. The summed E-state index contributed by atoms with van der Waals surface area (Å²) in [5.74, 6) is 0.319. The fourth-order valence-electron chi connectivity index (χ4n) is 2.91. The third-order valence-corrected chi connectivity index (χ3v) is 4.45. The highest BCUT2D eigenvalue weighted by Crippen LogP contribution is 2.26. The van der Waals surface area contributed by atoms with Crippen LogP contribution in [-0.2, 0) is 9.78 Å². The van der Waals surface area contributed by atoms with Crippen molar-refractivity contribution in [3.8, 4) is 11.1 Å². The van der Waals surface area contributed by atoms with Crippen molar-refractivity contribution in [2.24, 2.45) is 5.92 Å². The maximum atomic E-state index is 12.1. The largest absolute Gasteiger partial charge is 0.373 e. The van der Waals surface area contributed by atoms with Crippen LogP contribution in [0.1, 0.15) is 43.0 Å². The molecule has 0 aromatic heterocycles. The van der Waals surface area contributed by atoms with Gasteiger partial charge >= 0.3 is 5.97 Å². The Kier molecular flexibility index (Phi) is 5.09. The lowest BCUT2D eigenvalue weighted by molar-refractivity contribution is -0.280. The number of carbonyl (C=O) groups is 1. The minimum absolute atomic E-state index is 0.0405. The average Bonchev–Trinajstić information content (AvgIpc) is 2.62. The van der Waals surface area contributed by atoms with E-state index in [-0.39, 0.29) is 6.10 Å². The van der Waals surface area contributed by atoms with Crippen LogP contribution in [0.25, 0.3) is 11.1 Å². The topological polar surface area (TPSA) is 35.5 Å². The number of carbonyl (C=O) groups excluding carboxylic acids is 1. The van der Waals surface area contributed by atoms with Gasteiger partial charge in [0, 0.05) is 0 Å².